The molecule has 12 heteroatoms. The third kappa shape index (κ3) is 8.25. The number of alkyl halides is 2. The molecule has 1 aromatic rings. The van der Waals surface area contributed by atoms with Crippen LogP contribution in [0, 0.1) is 0 Å². The van der Waals surface area contributed by atoms with Crippen molar-refractivity contribution in [2.75, 3.05) is 13.2 Å². The SMILES string of the molecule is CC(C)(C)OC(=O)N[C@@H](Cc1cscn1)C(=O)N1CCC[C@@H](C(=O)OCC(Cl)Cl)N1. The summed E-state index contributed by atoms with van der Waals surface area (Å²) in [6.07, 6.45) is 0.558. The largest absolute Gasteiger partial charge is 0.462 e. The van der Waals surface area contributed by atoms with Gasteiger partial charge in [0.25, 0.3) is 5.91 Å². The number of halogens is 2. The molecule has 2 atom stereocenters. The van der Waals surface area contributed by atoms with Crippen LogP contribution in [-0.4, -0.2) is 63.6 Å². The molecule has 2 N–H and O–H groups in total. The minimum absolute atomic E-state index is 0.138. The van der Waals surface area contributed by atoms with E-state index in [1.165, 1.54) is 16.3 Å². The lowest BCUT2D eigenvalue weighted by molar-refractivity contribution is -0.152. The Hall–Kier alpha value is -1.62. The van der Waals surface area contributed by atoms with E-state index in [1.807, 2.05) is 0 Å². The normalized spacial score (nSPS) is 18.1. The Morgan fingerprint density at radius 1 is 1.40 bits per heavy atom. The van der Waals surface area contributed by atoms with Crippen LogP contribution in [0.2, 0.25) is 0 Å². The topological polar surface area (TPSA) is 110 Å². The first-order valence-electron chi connectivity index (χ1n) is 9.44. The molecule has 9 nitrogen and oxygen atoms in total. The summed E-state index contributed by atoms with van der Waals surface area (Å²) in [5, 5.41) is 5.74. The van der Waals surface area contributed by atoms with Crippen LogP contribution in [0.25, 0.3) is 0 Å². The fraction of sp³-hybridized carbons (Fsp3) is 0.667. The number of hydrogen-bond donors (Lipinski definition) is 2. The molecule has 1 aliphatic rings. The number of ether oxygens (including phenoxy) is 2. The van der Waals surface area contributed by atoms with Gasteiger partial charge in [-0.15, -0.1) is 34.5 Å². The van der Waals surface area contributed by atoms with Gasteiger partial charge >= 0.3 is 12.1 Å². The summed E-state index contributed by atoms with van der Waals surface area (Å²) in [6.45, 7) is 5.44. The van der Waals surface area contributed by atoms with E-state index in [-0.39, 0.29) is 13.0 Å². The number of carbonyl (C=O) groups is 3. The highest BCUT2D eigenvalue weighted by atomic mass is 35.5. The third-order valence-electron chi connectivity index (χ3n) is 3.97. The van der Waals surface area contributed by atoms with Crippen LogP contribution in [0.1, 0.15) is 39.3 Å². The summed E-state index contributed by atoms with van der Waals surface area (Å²) in [7, 11) is 0. The standard InChI is InChI=1S/C18H26Cl2N4O5S/c1-18(2,3)29-17(27)22-13(7-11-9-30-10-21-11)15(25)24-6-4-5-12(23-24)16(26)28-8-14(19)20/h9-10,12-14,23H,4-8H2,1-3H3,(H,22,27)/t12-,13-/m0/s1. The molecule has 0 aliphatic carbocycles. The van der Waals surface area contributed by atoms with Crippen LogP contribution in [0.15, 0.2) is 10.9 Å². The molecular formula is C18H26Cl2N4O5S. The molecule has 0 aromatic carbocycles. The van der Waals surface area contributed by atoms with Crippen LogP contribution in [-0.2, 0) is 25.5 Å². The van der Waals surface area contributed by atoms with E-state index in [2.05, 4.69) is 15.7 Å². The number of aromatic nitrogens is 1. The Morgan fingerprint density at radius 2 is 2.13 bits per heavy atom. The van der Waals surface area contributed by atoms with Crippen LogP contribution >= 0.6 is 34.5 Å². The van der Waals surface area contributed by atoms with Crippen LogP contribution in [0.4, 0.5) is 4.79 Å². The lowest BCUT2D eigenvalue weighted by Gasteiger charge is -2.35. The molecule has 0 saturated carbocycles. The number of thiazole rings is 1. The Balaban J connectivity index is 2.05. The highest BCUT2D eigenvalue weighted by Gasteiger charge is 2.34. The van der Waals surface area contributed by atoms with Crippen molar-refractivity contribution in [3.05, 3.63) is 16.6 Å². The van der Waals surface area contributed by atoms with Crippen molar-refractivity contribution in [1.82, 2.24) is 20.7 Å². The van der Waals surface area contributed by atoms with Crippen molar-refractivity contribution in [1.29, 1.82) is 0 Å². The maximum absolute atomic E-state index is 13.1. The molecule has 1 aliphatic heterocycles. The fourth-order valence-corrected chi connectivity index (χ4v) is 3.44. The predicted molar refractivity (Wildman–Crippen MR) is 113 cm³/mol. The molecule has 2 rings (SSSR count). The van der Waals surface area contributed by atoms with Crippen LogP contribution in [0.3, 0.4) is 0 Å². The summed E-state index contributed by atoms with van der Waals surface area (Å²) >= 11 is 12.6. The van der Waals surface area contributed by atoms with Gasteiger partial charge in [-0.25, -0.2) is 15.2 Å². The minimum atomic E-state index is -0.917. The average Bonchev–Trinajstić information content (AvgIpc) is 3.16. The number of hydrazine groups is 1. The number of nitrogens with one attached hydrogen (secondary N) is 2. The number of rotatable bonds is 7. The molecule has 0 unspecified atom stereocenters. The highest BCUT2D eigenvalue weighted by Crippen LogP contribution is 2.14. The van der Waals surface area contributed by atoms with E-state index in [9.17, 15) is 14.4 Å². The molecule has 2 amide bonds. The van der Waals surface area contributed by atoms with Crippen LogP contribution < -0.4 is 10.7 Å². The van der Waals surface area contributed by atoms with E-state index in [1.54, 1.807) is 31.7 Å². The smallest absolute Gasteiger partial charge is 0.408 e. The van der Waals surface area contributed by atoms with Gasteiger partial charge in [-0.1, -0.05) is 0 Å². The maximum Gasteiger partial charge on any atom is 0.408 e. The number of esters is 1. The van der Waals surface area contributed by atoms with Gasteiger partial charge < -0.3 is 14.8 Å². The van der Waals surface area contributed by atoms with Gasteiger partial charge in [0, 0.05) is 18.3 Å². The summed E-state index contributed by atoms with van der Waals surface area (Å²) in [5.74, 6) is -0.950. The first kappa shape index (κ1) is 24.6. The molecule has 2 heterocycles. The van der Waals surface area contributed by atoms with Crippen molar-refractivity contribution in [3.8, 4) is 0 Å². The summed E-state index contributed by atoms with van der Waals surface area (Å²) < 4.78 is 10.3. The quantitative estimate of drug-likeness (QED) is 0.455. The van der Waals surface area contributed by atoms with Crippen LogP contribution in [0.5, 0.6) is 0 Å². The lowest BCUT2D eigenvalue weighted by Crippen LogP contribution is -2.60. The molecular weight excluding hydrogens is 455 g/mol. The molecule has 1 aromatic heterocycles. The van der Waals surface area contributed by atoms with Gasteiger partial charge in [-0.3, -0.25) is 14.6 Å². The Labute approximate surface area is 189 Å². The van der Waals surface area contributed by atoms with Crippen molar-refractivity contribution in [2.45, 2.75) is 62.6 Å². The Bertz CT molecular complexity index is 727. The number of nitrogens with zero attached hydrogens (tertiary/aromatic N) is 2. The van der Waals surface area contributed by atoms with E-state index in [4.69, 9.17) is 32.7 Å². The number of hydrogen-bond acceptors (Lipinski definition) is 8. The first-order chi connectivity index (χ1) is 14.0. The lowest BCUT2D eigenvalue weighted by atomic mass is 10.1. The second-order valence-electron chi connectivity index (χ2n) is 7.72. The summed E-state index contributed by atoms with van der Waals surface area (Å²) in [4.78, 5) is 41.0. The Morgan fingerprint density at radius 3 is 2.73 bits per heavy atom. The summed E-state index contributed by atoms with van der Waals surface area (Å²) in [5.41, 5.74) is 4.48. The zero-order chi connectivity index (χ0) is 22.3. The van der Waals surface area contributed by atoms with Crippen molar-refractivity contribution < 1.29 is 23.9 Å². The minimum Gasteiger partial charge on any atom is -0.462 e. The second-order valence-corrected chi connectivity index (χ2v) is 9.71. The van der Waals surface area contributed by atoms with Crippen molar-refractivity contribution in [2.24, 2.45) is 0 Å². The fourth-order valence-electron chi connectivity index (χ4n) is 2.75. The van der Waals surface area contributed by atoms with E-state index < -0.39 is 40.5 Å². The monoisotopic (exact) mass is 480 g/mol. The van der Waals surface area contributed by atoms with Crippen molar-refractivity contribution >= 4 is 52.5 Å². The zero-order valence-electron chi connectivity index (χ0n) is 17.0. The molecule has 30 heavy (non-hydrogen) atoms. The predicted octanol–water partition coefficient (Wildman–Crippen LogP) is 2.42. The molecule has 1 fully saturated rings. The van der Waals surface area contributed by atoms with Gasteiger partial charge in [0.05, 0.1) is 11.2 Å². The van der Waals surface area contributed by atoms with Gasteiger partial charge in [0.15, 0.2) is 0 Å². The molecule has 0 spiro atoms. The number of carbonyl (C=O) groups excluding carboxylic acids is 3. The van der Waals surface area contributed by atoms with Gasteiger partial charge in [0.2, 0.25) is 0 Å². The van der Waals surface area contributed by atoms with E-state index >= 15 is 0 Å². The summed E-state index contributed by atoms with van der Waals surface area (Å²) in [6, 6.07) is -1.63. The molecule has 0 radical (unpaired) electrons. The van der Waals surface area contributed by atoms with Gasteiger partial charge in [0.1, 0.15) is 29.1 Å². The molecule has 0 bridgehead atoms. The Kier molecular flexibility index (Phi) is 9.14. The first-order valence-corrected chi connectivity index (χ1v) is 11.3. The van der Waals surface area contributed by atoms with Gasteiger partial charge in [-0.2, -0.15) is 0 Å². The molecule has 168 valence electrons. The highest BCUT2D eigenvalue weighted by molar-refractivity contribution is 7.07. The van der Waals surface area contributed by atoms with E-state index in [0.29, 0.717) is 25.1 Å². The zero-order valence-corrected chi connectivity index (χ0v) is 19.4. The maximum atomic E-state index is 13.1. The van der Waals surface area contributed by atoms with Crippen molar-refractivity contribution in [3.63, 3.8) is 0 Å². The second kappa shape index (κ2) is 11.1. The third-order valence-corrected chi connectivity index (χ3v) is 4.86. The number of alkyl carbamates (subject to hydrolysis) is 1. The number of amides is 2. The van der Waals surface area contributed by atoms with E-state index in [0.717, 1.165) is 0 Å². The average molecular weight is 481 g/mol. The molecule has 1 saturated heterocycles. The van der Waals surface area contributed by atoms with Gasteiger partial charge in [-0.05, 0) is 33.6 Å².